The van der Waals surface area contributed by atoms with Crippen LogP contribution in [-0.2, 0) is 0 Å². The Morgan fingerprint density at radius 2 is 0.610 bits per heavy atom. The molecule has 0 spiro atoms. The summed E-state index contributed by atoms with van der Waals surface area (Å²) in [4.78, 5) is 0. The highest BCUT2D eigenvalue weighted by Crippen LogP contribution is 2.46. The van der Waals surface area contributed by atoms with E-state index in [9.17, 15) is 0 Å². The molecule has 0 fully saturated rings. The van der Waals surface area contributed by atoms with Gasteiger partial charge in [-0.05, 0) is 154 Å². The highest BCUT2D eigenvalue weighted by Gasteiger charge is 2.25. The van der Waals surface area contributed by atoms with Crippen LogP contribution in [0.25, 0.3) is 87.6 Å². The van der Waals surface area contributed by atoms with Gasteiger partial charge in [0.2, 0.25) is 0 Å². The van der Waals surface area contributed by atoms with E-state index in [1.807, 2.05) is 0 Å². The third kappa shape index (κ3) is 4.43. The minimum absolute atomic E-state index is 1.24. The molecule has 0 saturated carbocycles. The van der Waals surface area contributed by atoms with Crippen LogP contribution in [0.15, 0.2) is 200 Å². The smallest absolute Gasteiger partial charge is 0.000730 e. The van der Waals surface area contributed by atoms with Gasteiger partial charge < -0.3 is 0 Å². The van der Waals surface area contributed by atoms with Crippen molar-refractivity contribution in [2.24, 2.45) is 0 Å². The Morgan fingerprint density at radius 3 is 1.05 bits per heavy atom. The summed E-state index contributed by atoms with van der Waals surface area (Å²) in [6, 6.07) is 74.8. The zero-order valence-electron chi connectivity index (χ0n) is 32.6. The predicted molar refractivity (Wildman–Crippen MR) is 247 cm³/mol. The maximum absolute atomic E-state index is 2.46. The topological polar surface area (TPSA) is 0 Å². The van der Waals surface area contributed by atoms with Crippen LogP contribution in [0, 0.1) is 48.7 Å². The molecule has 0 nitrogen and oxygen atoms in total. The number of rotatable bonds is 4. The van der Waals surface area contributed by atoms with Crippen molar-refractivity contribution >= 4 is 43.1 Å². The van der Waals surface area contributed by atoms with Gasteiger partial charge in [-0.1, -0.05) is 188 Å². The Morgan fingerprint density at radius 1 is 0.271 bits per heavy atom. The van der Waals surface area contributed by atoms with Gasteiger partial charge in [0.1, 0.15) is 0 Å². The highest BCUT2D eigenvalue weighted by atomic mass is 14.3. The van der Waals surface area contributed by atoms with Crippen LogP contribution in [-0.4, -0.2) is 0 Å². The lowest BCUT2D eigenvalue weighted by atomic mass is 9.86. The van der Waals surface area contributed by atoms with Crippen molar-refractivity contribution in [1.82, 2.24) is 0 Å². The van der Waals surface area contributed by atoms with E-state index in [1.165, 1.54) is 135 Å². The van der Waals surface area contributed by atoms with Gasteiger partial charge >= 0.3 is 0 Å². The summed E-state index contributed by atoms with van der Waals surface area (Å²) in [5.41, 5.74) is 11.5. The van der Waals surface area contributed by atoms with Crippen molar-refractivity contribution < 1.29 is 0 Å². The molecule has 2 aliphatic rings. The molecule has 0 heterocycles. The third-order valence-electron chi connectivity index (χ3n) is 13.2. The van der Waals surface area contributed by atoms with Crippen molar-refractivity contribution in [3.8, 4) is 44.5 Å². The van der Waals surface area contributed by atoms with Crippen molar-refractivity contribution in [2.45, 2.75) is 6.92 Å². The number of fused-ring (bicyclic) bond motifs is 5. The normalized spacial score (nSPS) is 12.2. The lowest BCUT2D eigenvalue weighted by Crippen LogP contribution is -1.94. The van der Waals surface area contributed by atoms with E-state index >= 15 is 0 Å². The van der Waals surface area contributed by atoms with Crippen molar-refractivity contribution in [1.29, 1.82) is 0 Å². The molecular formula is C59H36. The van der Waals surface area contributed by atoms with Gasteiger partial charge in [0.25, 0.3) is 0 Å². The summed E-state index contributed by atoms with van der Waals surface area (Å²) in [6.07, 6.45) is 0. The van der Waals surface area contributed by atoms with Crippen LogP contribution in [0.4, 0.5) is 0 Å². The molecule has 0 bridgehead atoms. The first kappa shape index (κ1) is 32.5. The molecule has 0 unspecified atom stereocenters. The van der Waals surface area contributed by atoms with E-state index in [2.05, 4.69) is 207 Å². The summed E-state index contributed by atoms with van der Waals surface area (Å²) in [5.74, 6) is 0. The molecule has 59 heavy (non-hydrogen) atoms. The second kappa shape index (κ2) is 12.2. The van der Waals surface area contributed by atoms with E-state index in [0.29, 0.717) is 0 Å². The Balaban J connectivity index is 1.37. The van der Waals surface area contributed by atoms with Crippen LogP contribution in [0.5, 0.6) is 0 Å². The van der Waals surface area contributed by atoms with Crippen molar-refractivity contribution in [3.05, 3.63) is 248 Å². The number of benzene rings is 11. The molecule has 272 valence electrons. The zero-order chi connectivity index (χ0) is 38.8. The molecule has 11 aromatic rings. The molecule has 0 amide bonds. The summed E-state index contributed by atoms with van der Waals surface area (Å²) in [5, 5.41) is 21.0. The van der Waals surface area contributed by atoms with Gasteiger partial charge in [-0.2, -0.15) is 0 Å². The minimum atomic E-state index is 1.24. The number of hydrogen-bond acceptors (Lipinski definition) is 0. The van der Waals surface area contributed by atoms with Gasteiger partial charge in [0, 0.05) is 0 Å². The Kier molecular flexibility index (Phi) is 6.74. The second-order valence-corrected chi connectivity index (χ2v) is 16.3. The molecule has 0 saturated heterocycles. The first-order valence-electron chi connectivity index (χ1n) is 20.7. The minimum Gasteiger partial charge on any atom is -0.0622 e. The zero-order valence-corrected chi connectivity index (χ0v) is 32.6. The summed E-state index contributed by atoms with van der Waals surface area (Å²) in [7, 11) is 0. The highest BCUT2D eigenvalue weighted by molar-refractivity contribution is 6.13. The maximum atomic E-state index is 2.46. The molecule has 0 radical (unpaired) electrons. The third-order valence-corrected chi connectivity index (χ3v) is 13.2. The van der Waals surface area contributed by atoms with Gasteiger partial charge in [-0.15, -0.1) is 0 Å². The van der Waals surface area contributed by atoms with Crippen LogP contribution >= 0.6 is 0 Å². The molecule has 0 atom stereocenters. The molecule has 0 aliphatic heterocycles. The van der Waals surface area contributed by atoms with Crippen molar-refractivity contribution in [2.75, 3.05) is 0 Å². The van der Waals surface area contributed by atoms with Crippen LogP contribution < -0.4 is 0 Å². The number of aryl methyl sites for hydroxylation is 1. The second-order valence-electron chi connectivity index (χ2n) is 16.3. The van der Waals surface area contributed by atoms with E-state index < -0.39 is 0 Å². The monoisotopic (exact) mass is 744 g/mol. The van der Waals surface area contributed by atoms with Crippen molar-refractivity contribution in [3.63, 3.8) is 0 Å². The quantitative estimate of drug-likeness (QED) is 0.157. The summed E-state index contributed by atoms with van der Waals surface area (Å²) >= 11 is 0. The molecule has 0 heteroatoms. The molecule has 11 aromatic carbocycles. The Labute approximate surface area is 340 Å². The summed E-state index contributed by atoms with van der Waals surface area (Å²) in [6.45, 7) is 2.27. The summed E-state index contributed by atoms with van der Waals surface area (Å²) < 4.78 is 0. The lowest BCUT2D eigenvalue weighted by Gasteiger charge is -2.17. The molecule has 0 N–H and O–H groups in total. The standard InChI is InChI=1S/C59H36/c1-35-17-11-14-26-41(35)53-49-34-40-25-13-12-24-39(40)33-48(49)52(38-22-9-4-10-23-38)58-46-30-29-44-54-45(31-32-47(55(46)54)59(53)58)57-51(37-20-7-3-8-21-37)43-28-16-15-27-42(43)50(56(44)57)36-18-5-2-6-19-36/h2-34H,1H3. The number of hydrogen-bond donors (Lipinski definition) is 0. The van der Waals surface area contributed by atoms with E-state index in [-0.39, 0.29) is 0 Å². The molecule has 13 rings (SSSR count). The molecule has 0 aromatic heterocycles. The first-order chi connectivity index (χ1) is 29.2. The van der Waals surface area contributed by atoms with E-state index in [0.717, 1.165) is 0 Å². The fourth-order valence-electron chi connectivity index (χ4n) is 10.9. The Hall–Kier alpha value is -7.54. The van der Waals surface area contributed by atoms with Crippen LogP contribution in [0.2, 0.25) is 0 Å². The predicted octanol–water partition coefficient (Wildman–Crippen LogP) is 15.1. The van der Waals surface area contributed by atoms with Crippen LogP contribution in [0.3, 0.4) is 0 Å². The fourth-order valence-corrected chi connectivity index (χ4v) is 10.9. The van der Waals surface area contributed by atoms with Crippen LogP contribution in [0.1, 0.15) is 5.56 Å². The maximum Gasteiger partial charge on any atom is -0.000730 e. The Bertz CT molecular complexity index is 3940. The van der Waals surface area contributed by atoms with Gasteiger partial charge in [0.15, 0.2) is 0 Å². The largest absolute Gasteiger partial charge is 0.0622 e. The van der Waals surface area contributed by atoms with Gasteiger partial charge in [-0.25, -0.2) is 0 Å². The molecular weight excluding hydrogens is 709 g/mol. The fraction of sp³-hybridized carbons (Fsp3) is 0.0169. The van der Waals surface area contributed by atoms with E-state index in [1.54, 1.807) is 0 Å². The average Bonchev–Trinajstić information content (AvgIpc) is 3.80. The average molecular weight is 745 g/mol. The SMILES string of the molecule is Cc1ccccc1-c1c2c(c(-c3ccccc3)c3cc4ccccc4cc13)=c1ccc3c4c(ccc=2c14)=c1c(-c2ccccc2)c2ccccc2c(-c2ccccc2)c1=3. The lowest BCUT2D eigenvalue weighted by molar-refractivity contribution is 1.43. The first-order valence-corrected chi connectivity index (χ1v) is 20.7. The van der Waals surface area contributed by atoms with Gasteiger partial charge in [-0.3, -0.25) is 0 Å². The molecule has 2 aliphatic carbocycles. The van der Waals surface area contributed by atoms with Gasteiger partial charge in [0.05, 0.1) is 0 Å². The van der Waals surface area contributed by atoms with E-state index in [4.69, 9.17) is 0 Å².